The van der Waals surface area contributed by atoms with E-state index in [1.165, 1.54) is 6.07 Å². The topological polar surface area (TPSA) is 34.1 Å². The average Bonchev–Trinajstić information content (AvgIpc) is 2.52. The molecule has 22 heavy (non-hydrogen) atoms. The van der Waals surface area contributed by atoms with Crippen molar-refractivity contribution in [2.24, 2.45) is 5.92 Å². The maximum atomic E-state index is 13.9. The van der Waals surface area contributed by atoms with Crippen molar-refractivity contribution in [2.75, 3.05) is 0 Å². The van der Waals surface area contributed by atoms with E-state index in [2.05, 4.69) is 6.58 Å². The number of halogens is 1. The fraction of sp³-hybridized carbons (Fsp3) is 0.263. The summed E-state index contributed by atoms with van der Waals surface area (Å²) in [6, 6.07) is 3.29. The van der Waals surface area contributed by atoms with Crippen LogP contribution >= 0.6 is 0 Å². The number of rotatable bonds is 5. The van der Waals surface area contributed by atoms with Gasteiger partial charge in [0.05, 0.1) is 5.57 Å². The molecule has 1 aromatic carbocycles. The van der Waals surface area contributed by atoms with Crippen molar-refractivity contribution < 1.29 is 14.0 Å². The van der Waals surface area contributed by atoms with Gasteiger partial charge in [-0.2, -0.15) is 0 Å². The maximum Gasteiger partial charge on any atom is 0.173 e. The van der Waals surface area contributed by atoms with Gasteiger partial charge in [0.15, 0.2) is 11.6 Å². The molecule has 2 rings (SSSR count). The molecule has 1 unspecified atom stereocenters. The summed E-state index contributed by atoms with van der Waals surface area (Å²) in [7, 11) is 0. The van der Waals surface area contributed by atoms with Crippen LogP contribution in [0.15, 0.2) is 42.5 Å². The summed E-state index contributed by atoms with van der Waals surface area (Å²) in [5, 5.41) is 0. The van der Waals surface area contributed by atoms with E-state index in [0.29, 0.717) is 18.4 Å². The summed E-state index contributed by atoms with van der Waals surface area (Å²) in [6.45, 7) is 7.11. The minimum absolute atomic E-state index is 0.152. The van der Waals surface area contributed by atoms with Crippen LogP contribution in [0.3, 0.4) is 0 Å². The van der Waals surface area contributed by atoms with Crippen molar-refractivity contribution in [2.45, 2.75) is 26.7 Å². The van der Waals surface area contributed by atoms with Crippen LogP contribution < -0.4 is 0 Å². The first-order chi connectivity index (χ1) is 10.5. The Hall–Kier alpha value is -2.29. The van der Waals surface area contributed by atoms with E-state index < -0.39 is 5.92 Å². The lowest BCUT2D eigenvalue weighted by atomic mass is 9.85. The standard InChI is InChI=1S/C19H19FO2/c1-4-14-9-13(11-17(20)12(14)3)10-15-7-6-8-16(19(15)22)18(21)5-2/h4,6-9,11,15H,1,5,10H2,2-3H3. The van der Waals surface area contributed by atoms with Gasteiger partial charge < -0.3 is 0 Å². The van der Waals surface area contributed by atoms with E-state index in [-0.39, 0.29) is 23.0 Å². The predicted octanol–water partition coefficient (Wildman–Crippen LogP) is 3.98. The van der Waals surface area contributed by atoms with Gasteiger partial charge in [-0.05, 0) is 42.2 Å². The van der Waals surface area contributed by atoms with Gasteiger partial charge in [-0.1, -0.05) is 37.8 Å². The molecular formula is C19H19FO2. The van der Waals surface area contributed by atoms with Crippen molar-refractivity contribution >= 4 is 17.6 Å². The van der Waals surface area contributed by atoms with Gasteiger partial charge >= 0.3 is 0 Å². The third-order valence-corrected chi connectivity index (χ3v) is 3.95. The molecule has 0 saturated carbocycles. The molecule has 0 bridgehead atoms. The Morgan fingerprint density at radius 2 is 2.14 bits per heavy atom. The lowest BCUT2D eigenvalue weighted by molar-refractivity contribution is -0.122. The monoisotopic (exact) mass is 298 g/mol. The Morgan fingerprint density at radius 3 is 2.77 bits per heavy atom. The van der Waals surface area contributed by atoms with Crippen LogP contribution in [0.4, 0.5) is 4.39 Å². The molecule has 114 valence electrons. The molecule has 2 nitrogen and oxygen atoms in total. The second-order valence-electron chi connectivity index (χ2n) is 5.41. The molecule has 1 atom stereocenters. The van der Waals surface area contributed by atoms with Gasteiger partial charge in [0.1, 0.15) is 5.82 Å². The quantitative estimate of drug-likeness (QED) is 0.771. The van der Waals surface area contributed by atoms with E-state index in [0.717, 1.165) is 11.1 Å². The summed E-state index contributed by atoms with van der Waals surface area (Å²) >= 11 is 0. The summed E-state index contributed by atoms with van der Waals surface area (Å²) in [5.74, 6) is -1.06. The Balaban J connectivity index is 2.25. The zero-order chi connectivity index (χ0) is 16.3. The van der Waals surface area contributed by atoms with E-state index >= 15 is 0 Å². The fourth-order valence-corrected chi connectivity index (χ4v) is 2.58. The Bertz CT molecular complexity index is 696. The van der Waals surface area contributed by atoms with Crippen LogP contribution in [0.5, 0.6) is 0 Å². The number of carbonyl (C=O) groups excluding carboxylic acids is 2. The highest BCUT2D eigenvalue weighted by Gasteiger charge is 2.26. The molecule has 0 fully saturated rings. The highest BCUT2D eigenvalue weighted by atomic mass is 19.1. The Labute approximate surface area is 130 Å². The zero-order valence-electron chi connectivity index (χ0n) is 12.9. The third kappa shape index (κ3) is 3.14. The first-order valence-electron chi connectivity index (χ1n) is 7.35. The average molecular weight is 298 g/mol. The van der Waals surface area contributed by atoms with Crippen LogP contribution in [0.2, 0.25) is 0 Å². The maximum absolute atomic E-state index is 13.9. The molecule has 0 spiro atoms. The molecule has 1 aliphatic rings. The number of allylic oxidation sites excluding steroid dienone is 4. The van der Waals surface area contributed by atoms with Gasteiger partial charge in [0.25, 0.3) is 0 Å². The van der Waals surface area contributed by atoms with Crippen LogP contribution in [-0.4, -0.2) is 11.6 Å². The summed E-state index contributed by atoms with van der Waals surface area (Å²) in [4.78, 5) is 24.2. The second kappa shape index (κ2) is 6.65. The second-order valence-corrected chi connectivity index (χ2v) is 5.41. The number of benzene rings is 1. The molecule has 0 aromatic heterocycles. The smallest absolute Gasteiger partial charge is 0.173 e. The minimum atomic E-state index is -0.421. The van der Waals surface area contributed by atoms with Crippen molar-refractivity contribution in [3.05, 3.63) is 65.0 Å². The molecule has 3 heteroatoms. The van der Waals surface area contributed by atoms with Gasteiger partial charge in [0, 0.05) is 12.3 Å². The molecule has 0 amide bonds. The largest absolute Gasteiger partial charge is 0.294 e. The Morgan fingerprint density at radius 1 is 1.41 bits per heavy atom. The SMILES string of the molecule is C=Cc1cc(CC2C=CC=C(C(=O)CC)C2=O)cc(F)c1C. The van der Waals surface area contributed by atoms with Gasteiger partial charge in [0.2, 0.25) is 0 Å². The number of Topliss-reactive ketones (excluding diaryl/α,β-unsaturated/α-hetero) is 2. The van der Waals surface area contributed by atoms with Crippen LogP contribution in [0, 0.1) is 18.7 Å². The van der Waals surface area contributed by atoms with Crippen LogP contribution in [-0.2, 0) is 16.0 Å². The van der Waals surface area contributed by atoms with Gasteiger partial charge in [-0.15, -0.1) is 0 Å². The van der Waals surface area contributed by atoms with Crippen molar-refractivity contribution in [1.29, 1.82) is 0 Å². The fourth-order valence-electron chi connectivity index (χ4n) is 2.58. The summed E-state index contributed by atoms with van der Waals surface area (Å²) < 4.78 is 13.9. The van der Waals surface area contributed by atoms with Crippen molar-refractivity contribution in [3.8, 4) is 0 Å². The van der Waals surface area contributed by atoms with Crippen molar-refractivity contribution in [1.82, 2.24) is 0 Å². The Kier molecular flexibility index (Phi) is 4.86. The third-order valence-electron chi connectivity index (χ3n) is 3.95. The first kappa shape index (κ1) is 16.1. The number of hydrogen-bond donors (Lipinski definition) is 0. The molecule has 0 aliphatic heterocycles. The highest BCUT2D eigenvalue weighted by Crippen LogP contribution is 2.24. The van der Waals surface area contributed by atoms with E-state index in [4.69, 9.17) is 0 Å². The normalized spacial score (nSPS) is 17.3. The minimum Gasteiger partial charge on any atom is -0.294 e. The number of carbonyl (C=O) groups is 2. The summed E-state index contributed by atoms with van der Waals surface area (Å²) in [6.07, 6.45) is 7.34. The van der Waals surface area contributed by atoms with Crippen LogP contribution in [0.25, 0.3) is 6.08 Å². The molecular weight excluding hydrogens is 279 g/mol. The number of hydrogen-bond acceptors (Lipinski definition) is 2. The molecule has 1 aliphatic carbocycles. The first-order valence-corrected chi connectivity index (χ1v) is 7.35. The van der Waals surface area contributed by atoms with Gasteiger partial charge in [-0.25, -0.2) is 4.39 Å². The summed E-state index contributed by atoms with van der Waals surface area (Å²) in [5.41, 5.74) is 2.24. The van der Waals surface area contributed by atoms with E-state index in [1.807, 2.05) is 6.07 Å². The van der Waals surface area contributed by atoms with Gasteiger partial charge in [-0.3, -0.25) is 9.59 Å². The molecule has 0 radical (unpaired) electrons. The van der Waals surface area contributed by atoms with E-state index in [1.54, 1.807) is 38.2 Å². The lowest BCUT2D eigenvalue weighted by Gasteiger charge is -2.17. The molecule has 1 aromatic rings. The predicted molar refractivity (Wildman–Crippen MR) is 86.0 cm³/mol. The van der Waals surface area contributed by atoms with E-state index in [9.17, 15) is 14.0 Å². The number of ketones is 2. The molecule has 0 N–H and O–H groups in total. The highest BCUT2D eigenvalue weighted by molar-refractivity contribution is 6.22. The lowest BCUT2D eigenvalue weighted by Crippen LogP contribution is -2.23. The van der Waals surface area contributed by atoms with Crippen molar-refractivity contribution in [3.63, 3.8) is 0 Å². The zero-order valence-corrected chi connectivity index (χ0v) is 12.9. The molecule has 0 heterocycles. The van der Waals surface area contributed by atoms with Crippen LogP contribution in [0.1, 0.15) is 30.0 Å². The molecule has 0 saturated heterocycles.